The molecule has 1 aromatic carbocycles. The van der Waals surface area contributed by atoms with Crippen molar-refractivity contribution >= 4 is 40.3 Å². The molecule has 10 nitrogen and oxygen atoms in total. The molecule has 11 heteroatoms. The van der Waals surface area contributed by atoms with E-state index in [-0.39, 0.29) is 29.1 Å². The summed E-state index contributed by atoms with van der Waals surface area (Å²) in [5.41, 5.74) is -1.60. The smallest absolute Gasteiger partial charge is 0.428 e. The van der Waals surface area contributed by atoms with Crippen LogP contribution in [0, 0.1) is 10.1 Å². The first-order valence-electron chi connectivity index (χ1n) is 7.84. The van der Waals surface area contributed by atoms with E-state index in [0.29, 0.717) is 0 Å². The zero-order chi connectivity index (χ0) is 20.3. The van der Waals surface area contributed by atoms with Crippen LogP contribution in [0.25, 0.3) is 10.9 Å². The van der Waals surface area contributed by atoms with E-state index in [1.54, 1.807) is 13.8 Å². The van der Waals surface area contributed by atoms with E-state index in [0.717, 1.165) is 21.9 Å². The van der Waals surface area contributed by atoms with Crippen LogP contribution in [-0.4, -0.2) is 41.9 Å². The highest BCUT2D eigenvalue weighted by Crippen LogP contribution is 2.29. The van der Waals surface area contributed by atoms with Crippen molar-refractivity contribution in [2.24, 2.45) is 0 Å². The molecule has 0 aliphatic rings. The van der Waals surface area contributed by atoms with Gasteiger partial charge >= 0.3 is 12.1 Å². The number of nitro groups is 1. The molecular formula is C16H16ClN3O7. The zero-order valence-electron chi connectivity index (χ0n) is 14.7. The number of nitrogens with zero attached hydrogens (tertiary/aromatic N) is 3. The van der Waals surface area contributed by atoms with Gasteiger partial charge in [0.2, 0.25) is 5.43 Å². The summed E-state index contributed by atoms with van der Waals surface area (Å²) in [6, 6.07) is 2.12. The van der Waals surface area contributed by atoms with Crippen molar-refractivity contribution < 1.29 is 24.0 Å². The average molecular weight is 398 g/mol. The maximum absolute atomic E-state index is 12.7. The van der Waals surface area contributed by atoms with Gasteiger partial charge < -0.3 is 9.47 Å². The molecule has 0 radical (unpaired) electrons. The SMILES string of the molecule is CCOC(=O)c1cn(N(C)C(=O)OCC)c2cc(Cl)c([N+](=O)[O-])cc2c1=O. The molecule has 0 spiro atoms. The molecule has 144 valence electrons. The van der Waals surface area contributed by atoms with Crippen molar-refractivity contribution in [2.75, 3.05) is 25.3 Å². The van der Waals surface area contributed by atoms with E-state index in [1.807, 2.05) is 0 Å². The Kier molecular flexibility index (Phi) is 6.01. The Morgan fingerprint density at radius 2 is 1.89 bits per heavy atom. The molecule has 0 N–H and O–H groups in total. The molecule has 0 saturated heterocycles. The lowest BCUT2D eigenvalue weighted by atomic mass is 10.1. The number of benzene rings is 1. The lowest BCUT2D eigenvalue weighted by Gasteiger charge is -2.22. The molecular weight excluding hydrogens is 382 g/mol. The number of fused-ring (bicyclic) bond motifs is 1. The number of carbonyl (C=O) groups excluding carboxylic acids is 2. The Morgan fingerprint density at radius 1 is 1.26 bits per heavy atom. The van der Waals surface area contributed by atoms with Crippen LogP contribution < -0.4 is 10.4 Å². The normalized spacial score (nSPS) is 10.5. The molecule has 1 heterocycles. The molecule has 0 bridgehead atoms. The first-order valence-corrected chi connectivity index (χ1v) is 8.21. The predicted octanol–water partition coefficient (Wildman–Crippen LogP) is 2.46. The van der Waals surface area contributed by atoms with Crippen LogP contribution in [0.2, 0.25) is 5.02 Å². The second kappa shape index (κ2) is 8.04. The highest BCUT2D eigenvalue weighted by atomic mass is 35.5. The Labute approximate surface area is 157 Å². The summed E-state index contributed by atoms with van der Waals surface area (Å²) in [7, 11) is 1.34. The van der Waals surface area contributed by atoms with Crippen molar-refractivity contribution in [1.82, 2.24) is 4.68 Å². The monoisotopic (exact) mass is 397 g/mol. The van der Waals surface area contributed by atoms with Gasteiger partial charge in [-0.25, -0.2) is 14.6 Å². The number of ether oxygens (including phenoxy) is 2. The molecule has 0 aliphatic carbocycles. The minimum atomic E-state index is -0.923. The van der Waals surface area contributed by atoms with Gasteiger partial charge in [-0.2, -0.15) is 0 Å². The summed E-state index contributed by atoms with van der Waals surface area (Å²) in [6.07, 6.45) is 0.327. The van der Waals surface area contributed by atoms with Crippen LogP contribution in [0.3, 0.4) is 0 Å². The standard InChI is InChI=1S/C16H16ClN3O7/c1-4-26-15(22)10-8-19(18(3)16(23)27-5-2)12-7-11(17)13(20(24)25)6-9(12)14(10)21/h6-8H,4-5H2,1-3H3. The number of carbonyl (C=O) groups is 2. The summed E-state index contributed by atoms with van der Waals surface area (Å²) >= 11 is 5.94. The molecule has 0 atom stereocenters. The molecule has 0 unspecified atom stereocenters. The Bertz CT molecular complexity index is 986. The quantitative estimate of drug-likeness (QED) is 0.431. The van der Waals surface area contributed by atoms with Gasteiger partial charge in [0, 0.05) is 19.3 Å². The van der Waals surface area contributed by atoms with Crippen LogP contribution in [0.4, 0.5) is 10.5 Å². The minimum Gasteiger partial charge on any atom is -0.462 e. The number of rotatable bonds is 5. The van der Waals surface area contributed by atoms with Crippen molar-refractivity contribution in [3.05, 3.63) is 49.3 Å². The number of halogens is 1. The van der Waals surface area contributed by atoms with Crippen LogP contribution in [0.15, 0.2) is 23.1 Å². The first kappa shape index (κ1) is 20.2. The molecule has 2 rings (SSSR count). The highest BCUT2D eigenvalue weighted by molar-refractivity contribution is 6.33. The van der Waals surface area contributed by atoms with Crippen LogP contribution in [0.1, 0.15) is 24.2 Å². The molecule has 2 aromatic rings. The third kappa shape index (κ3) is 3.85. The Balaban J connectivity index is 2.86. The van der Waals surface area contributed by atoms with Gasteiger partial charge in [0.15, 0.2) is 0 Å². The lowest BCUT2D eigenvalue weighted by molar-refractivity contribution is -0.384. The van der Waals surface area contributed by atoms with Gasteiger partial charge in [0.25, 0.3) is 5.69 Å². The van der Waals surface area contributed by atoms with E-state index in [2.05, 4.69) is 0 Å². The molecule has 0 fully saturated rings. The van der Waals surface area contributed by atoms with E-state index in [9.17, 15) is 24.5 Å². The average Bonchev–Trinajstić information content (AvgIpc) is 2.61. The number of nitro benzene ring substituents is 1. The maximum Gasteiger partial charge on any atom is 0.428 e. The number of amides is 1. The fraction of sp³-hybridized carbons (Fsp3) is 0.312. The van der Waals surface area contributed by atoms with Gasteiger partial charge in [-0.15, -0.1) is 0 Å². The number of hydrogen-bond donors (Lipinski definition) is 0. The highest BCUT2D eigenvalue weighted by Gasteiger charge is 2.24. The Hall–Kier alpha value is -3.14. The third-order valence-corrected chi connectivity index (χ3v) is 3.90. The van der Waals surface area contributed by atoms with Crippen LogP contribution in [0.5, 0.6) is 0 Å². The topological polar surface area (TPSA) is 121 Å². The zero-order valence-corrected chi connectivity index (χ0v) is 15.5. The van der Waals surface area contributed by atoms with Crippen molar-refractivity contribution in [2.45, 2.75) is 13.8 Å². The second-order valence-corrected chi connectivity index (χ2v) is 5.64. The summed E-state index contributed by atoms with van der Waals surface area (Å²) in [5, 5.41) is 11.7. The maximum atomic E-state index is 12.7. The summed E-state index contributed by atoms with van der Waals surface area (Å²) in [5.74, 6) is -0.923. The fourth-order valence-corrected chi connectivity index (χ4v) is 2.59. The van der Waals surface area contributed by atoms with Crippen LogP contribution >= 0.6 is 11.6 Å². The number of hydrogen-bond acceptors (Lipinski definition) is 7. The molecule has 0 aliphatic heterocycles. The van der Waals surface area contributed by atoms with Gasteiger partial charge in [-0.3, -0.25) is 19.6 Å². The first-order chi connectivity index (χ1) is 12.7. The fourth-order valence-electron chi connectivity index (χ4n) is 2.37. The Morgan fingerprint density at radius 3 is 2.44 bits per heavy atom. The van der Waals surface area contributed by atoms with Crippen LogP contribution in [-0.2, 0) is 9.47 Å². The number of aromatic nitrogens is 1. The third-order valence-electron chi connectivity index (χ3n) is 3.60. The summed E-state index contributed by atoms with van der Waals surface area (Å²) in [4.78, 5) is 47.3. The molecule has 27 heavy (non-hydrogen) atoms. The van der Waals surface area contributed by atoms with Gasteiger partial charge in [-0.1, -0.05) is 11.6 Å². The van der Waals surface area contributed by atoms with E-state index < -0.39 is 33.7 Å². The lowest BCUT2D eigenvalue weighted by Crippen LogP contribution is -2.39. The van der Waals surface area contributed by atoms with E-state index in [4.69, 9.17) is 21.1 Å². The van der Waals surface area contributed by atoms with Gasteiger partial charge in [0.1, 0.15) is 10.6 Å². The molecule has 1 amide bonds. The van der Waals surface area contributed by atoms with Crippen molar-refractivity contribution in [1.29, 1.82) is 0 Å². The number of esters is 1. The van der Waals surface area contributed by atoms with E-state index in [1.165, 1.54) is 13.1 Å². The van der Waals surface area contributed by atoms with E-state index >= 15 is 0 Å². The number of pyridine rings is 1. The van der Waals surface area contributed by atoms with Gasteiger partial charge in [-0.05, 0) is 19.9 Å². The second-order valence-electron chi connectivity index (χ2n) is 5.24. The predicted molar refractivity (Wildman–Crippen MR) is 97.0 cm³/mol. The largest absolute Gasteiger partial charge is 0.462 e. The summed E-state index contributed by atoms with van der Waals surface area (Å²) in [6.45, 7) is 3.29. The molecule has 0 saturated carbocycles. The summed E-state index contributed by atoms with van der Waals surface area (Å²) < 4.78 is 10.9. The minimum absolute atomic E-state index is 0.0186. The van der Waals surface area contributed by atoms with Crippen molar-refractivity contribution in [3.8, 4) is 0 Å². The molecule has 1 aromatic heterocycles. The van der Waals surface area contributed by atoms with Crippen molar-refractivity contribution in [3.63, 3.8) is 0 Å². The van der Waals surface area contributed by atoms with Gasteiger partial charge in [0.05, 0.1) is 29.0 Å².